The standard InChI is InChI=1S/C13H18BrN3O/c1-8-3-4-10(14)5-11(8)12-7-17(9(2)6-15)13(18)16-12/h3-5,9,12H,6-7,15H2,1-2H3,(H,16,18). The summed E-state index contributed by atoms with van der Waals surface area (Å²) in [5.74, 6) is 0. The third-order valence-electron chi connectivity index (χ3n) is 3.43. The van der Waals surface area contributed by atoms with Crippen molar-refractivity contribution in [3.8, 4) is 0 Å². The topological polar surface area (TPSA) is 58.4 Å². The Morgan fingerprint density at radius 3 is 3.00 bits per heavy atom. The summed E-state index contributed by atoms with van der Waals surface area (Å²) in [5.41, 5.74) is 7.97. The molecule has 0 saturated carbocycles. The Hall–Kier alpha value is -1.07. The van der Waals surface area contributed by atoms with E-state index in [4.69, 9.17) is 5.73 Å². The Morgan fingerprint density at radius 2 is 2.33 bits per heavy atom. The lowest BCUT2D eigenvalue weighted by molar-refractivity contribution is 0.203. The zero-order chi connectivity index (χ0) is 13.3. The van der Waals surface area contributed by atoms with Crippen LogP contribution in [0.3, 0.4) is 0 Å². The first-order chi connectivity index (χ1) is 8.52. The van der Waals surface area contributed by atoms with E-state index in [9.17, 15) is 4.79 Å². The molecule has 1 heterocycles. The molecule has 98 valence electrons. The number of aryl methyl sites for hydroxylation is 1. The van der Waals surface area contributed by atoms with Gasteiger partial charge in [0.15, 0.2) is 0 Å². The summed E-state index contributed by atoms with van der Waals surface area (Å²) in [6.07, 6.45) is 0. The van der Waals surface area contributed by atoms with Gasteiger partial charge in [-0.1, -0.05) is 22.0 Å². The van der Waals surface area contributed by atoms with E-state index in [0.717, 1.165) is 10.0 Å². The molecule has 5 heteroatoms. The fraction of sp³-hybridized carbons (Fsp3) is 0.462. The number of carbonyl (C=O) groups excluding carboxylic acids is 1. The highest BCUT2D eigenvalue weighted by atomic mass is 79.9. The molecule has 1 aromatic rings. The number of rotatable bonds is 3. The fourth-order valence-corrected chi connectivity index (χ4v) is 2.61. The number of nitrogens with two attached hydrogens (primary N) is 1. The molecule has 1 aromatic carbocycles. The van der Waals surface area contributed by atoms with E-state index in [1.807, 2.05) is 13.0 Å². The van der Waals surface area contributed by atoms with Crippen molar-refractivity contribution in [3.63, 3.8) is 0 Å². The maximum absolute atomic E-state index is 11.9. The van der Waals surface area contributed by atoms with Gasteiger partial charge in [-0.15, -0.1) is 0 Å². The normalized spacial score (nSPS) is 21.0. The maximum Gasteiger partial charge on any atom is 0.318 e. The van der Waals surface area contributed by atoms with Gasteiger partial charge in [-0.05, 0) is 37.1 Å². The van der Waals surface area contributed by atoms with Crippen LogP contribution >= 0.6 is 15.9 Å². The number of halogens is 1. The second-order valence-electron chi connectivity index (χ2n) is 4.74. The molecule has 4 nitrogen and oxygen atoms in total. The van der Waals surface area contributed by atoms with Gasteiger partial charge in [0.1, 0.15) is 0 Å². The zero-order valence-electron chi connectivity index (χ0n) is 10.6. The number of nitrogens with zero attached hydrogens (tertiary/aromatic N) is 1. The van der Waals surface area contributed by atoms with Crippen molar-refractivity contribution in [2.45, 2.75) is 25.9 Å². The van der Waals surface area contributed by atoms with Gasteiger partial charge in [0.05, 0.1) is 6.04 Å². The molecule has 0 spiro atoms. The Morgan fingerprint density at radius 1 is 1.61 bits per heavy atom. The van der Waals surface area contributed by atoms with Crippen LogP contribution in [0.4, 0.5) is 4.79 Å². The minimum Gasteiger partial charge on any atom is -0.329 e. The highest BCUT2D eigenvalue weighted by Crippen LogP contribution is 2.27. The van der Waals surface area contributed by atoms with Crippen LogP contribution in [0.1, 0.15) is 24.1 Å². The van der Waals surface area contributed by atoms with Crippen LogP contribution in [0.5, 0.6) is 0 Å². The maximum atomic E-state index is 11.9. The van der Waals surface area contributed by atoms with E-state index in [-0.39, 0.29) is 18.1 Å². The number of nitrogens with one attached hydrogen (secondary N) is 1. The van der Waals surface area contributed by atoms with Gasteiger partial charge in [-0.2, -0.15) is 0 Å². The largest absolute Gasteiger partial charge is 0.329 e. The van der Waals surface area contributed by atoms with Crippen molar-refractivity contribution in [2.75, 3.05) is 13.1 Å². The highest BCUT2D eigenvalue weighted by molar-refractivity contribution is 9.10. The quantitative estimate of drug-likeness (QED) is 0.899. The van der Waals surface area contributed by atoms with Gasteiger partial charge in [0.25, 0.3) is 0 Å². The Bertz CT molecular complexity index is 464. The van der Waals surface area contributed by atoms with E-state index < -0.39 is 0 Å². The summed E-state index contributed by atoms with van der Waals surface area (Å²) >= 11 is 3.47. The zero-order valence-corrected chi connectivity index (χ0v) is 12.2. The minimum atomic E-state index is -0.0303. The van der Waals surface area contributed by atoms with Crippen LogP contribution in [-0.2, 0) is 0 Å². The summed E-state index contributed by atoms with van der Waals surface area (Å²) in [6.45, 7) is 5.19. The van der Waals surface area contributed by atoms with Crippen LogP contribution in [0, 0.1) is 6.92 Å². The number of hydrogen-bond donors (Lipinski definition) is 2. The smallest absolute Gasteiger partial charge is 0.318 e. The van der Waals surface area contributed by atoms with Crippen molar-refractivity contribution in [1.29, 1.82) is 0 Å². The molecule has 18 heavy (non-hydrogen) atoms. The van der Waals surface area contributed by atoms with E-state index >= 15 is 0 Å². The molecule has 2 atom stereocenters. The summed E-state index contributed by atoms with van der Waals surface area (Å²) in [4.78, 5) is 13.7. The minimum absolute atomic E-state index is 0.0303. The first kappa shape index (κ1) is 13.4. The highest BCUT2D eigenvalue weighted by Gasteiger charge is 2.32. The van der Waals surface area contributed by atoms with Crippen molar-refractivity contribution in [2.24, 2.45) is 5.73 Å². The van der Waals surface area contributed by atoms with E-state index in [1.165, 1.54) is 5.56 Å². The second-order valence-corrected chi connectivity index (χ2v) is 5.66. The second kappa shape index (κ2) is 5.28. The first-order valence-electron chi connectivity index (χ1n) is 6.06. The molecule has 2 rings (SSSR count). The Labute approximate surface area is 116 Å². The number of urea groups is 1. The fourth-order valence-electron chi connectivity index (χ4n) is 2.23. The number of hydrogen-bond acceptors (Lipinski definition) is 2. The molecule has 1 saturated heterocycles. The van der Waals surface area contributed by atoms with Crippen molar-refractivity contribution >= 4 is 22.0 Å². The molecule has 0 aliphatic carbocycles. The van der Waals surface area contributed by atoms with Gasteiger partial charge >= 0.3 is 6.03 Å². The van der Waals surface area contributed by atoms with Crippen LogP contribution in [0.25, 0.3) is 0 Å². The average Bonchev–Trinajstić information content (AvgIpc) is 2.73. The summed E-state index contributed by atoms with van der Waals surface area (Å²) in [6, 6.07) is 6.22. The van der Waals surface area contributed by atoms with E-state index in [2.05, 4.69) is 40.3 Å². The lowest BCUT2D eigenvalue weighted by Crippen LogP contribution is -2.40. The first-order valence-corrected chi connectivity index (χ1v) is 6.85. The van der Waals surface area contributed by atoms with Crippen LogP contribution in [0.2, 0.25) is 0 Å². The molecular formula is C13H18BrN3O. The molecule has 0 radical (unpaired) electrons. The lowest BCUT2D eigenvalue weighted by atomic mass is 10.0. The van der Waals surface area contributed by atoms with E-state index in [0.29, 0.717) is 13.1 Å². The van der Waals surface area contributed by atoms with Gasteiger partial charge in [0.2, 0.25) is 0 Å². The van der Waals surface area contributed by atoms with E-state index in [1.54, 1.807) is 4.90 Å². The van der Waals surface area contributed by atoms with Crippen LogP contribution in [0.15, 0.2) is 22.7 Å². The van der Waals surface area contributed by atoms with Gasteiger partial charge in [0, 0.05) is 23.6 Å². The Kier molecular flexibility index (Phi) is 3.92. The Balaban J connectivity index is 2.21. The average molecular weight is 312 g/mol. The predicted molar refractivity (Wildman–Crippen MR) is 75.4 cm³/mol. The number of benzene rings is 1. The SMILES string of the molecule is Cc1ccc(Br)cc1C1CN(C(C)CN)C(=O)N1. The van der Waals surface area contributed by atoms with Crippen LogP contribution in [-0.4, -0.2) is 30.1 Å². The van der Waals surface area contributed by atoms with Crippen molar-refractivity contribution in [1.82, 2.24) is 10.2 Å². The summed E-state index contributed by atoms with van der Waals surface area (Å²) in [7, 11) is 0. The van der Waals surface area contributed by atoms with Gasteiger partial charge in [-0.25, -0.2) is 4.79 Å². The summed E-state index contributed by atoms with van der Waals surface area (Å²) < 4.78 is 1.03. The molecule has 1 aliphatic heterocycles. The molecule has 1 aliphatic rings. The molecule has 2 unspecified atom stereocenters. The molecule has 0 aromatic heterocycles. The molecule has 3 N–H and O–H groups in total. The van der Waals surface area contributed by atoms with Crippen molar-refractivity contribution < 1.29 is 4.79 Å². The monoisotopic (exact) mass is 311 g/mol. The molecule has 1 fully saturated rings. The van der Waals surface area contributed by atoms with Crippen LogP contribution < -0.4 is 11.1 Å². The van der Waals surface area contributed by atoms with Gasteiger partial charge < -0.3 is 16.0 Å². The lowest BCUT2D eigenvalue weighted by Gasteiger charge is -2.21. The predicted octanol–water partition coefficient (Wildman–Crippen LogP) is 2.17. The summed E-state index contributed by atoms with van der Waals surface area (Å²) in [5, 5.41) is 3.01. The van der Waals surface area contributed by atoms with Gasteiger partial charge in [-0.3, -0.25) is 0 Å². The third kappa shape index (κ3) is 2.52. The number of amides is 2. The number of carbonyl (C=O) groups is 1. The van der Waals surface area contributed by atoms with Crippen molar-refractivity contribution in [3.05, 3.63) is 33.8 Å². The third-order valence-corrected chi connectivity index (χ3v) is 3.92. The molecule has 2 amide bonds. The molecule has 0 bridgehead atoms. The molecular weight excluding hydrogens is 294 g/mol.